The van der Waals surface area contributed by atoms with Crippen molar-refractivity contribution >= 4 is 0 Å². The molecule has 2 nitrogen and oxygen atoms in total. The lowest BCUT2D eigenvalue weighted by atomic mass is 9.81. The van der Waals surface area contributed by atoms with E-state index in [4.69, 9.17) is 4.74 Å². The van der Waals surface area contributed by atoms with E-state index in [2.05, 4.69) is 37.4 Å². The Balaban J connectivity index is 2.13. The third-order valence-corrected chi connectivity index (χ3v) is 3.74. The lowest BCUT2D eigenvalue weighted by molar-refractivity contribution is 0.351. The van der Waals surface area contributed by atoms with Crippen LogP contribution in [0, 0.1) is 5.92 Å². The van der Waals surface area contributed by atoms with Crippen LogP contribution in [0.2, 0.25) is 0 Å². The molecular formula is C15H23NO. The van der Waals surface area contributed by atoms with E-state index in [0.29, 0.717) is 6.04 Å². The van der Waals surface area contributed by atoms with E-state index < -0.39 is 0 Å². The summed E-state index contributed by atoms with van der Waals surface area (Å²) in [6.07, 6.45) is 3.52. The standard InChI is InChI=1S/C15H23NO/c1-4-7-16-15-10-13-9-14(17-3)6-5-12(13)8-11(15)2/h5-6,9,11,15-16H,4,7-8,10H2,1-3H3/t11-,15+/m0/s1. The van der Waals surface area contributed by atoms with Gasteiger partial charge in [0.05, 0.1) is 7.11 Å². The molecule has 0 aromatic heterocycles. The molecule has 1 aliphatic carbocycles. The van der Waals surface area contributed by atoms with Gasteiger partial charge < -0.3 is 10.1 Å². The Morgan fingerprint density at radius 3 is 2.82 bits per heavy atom. The second kappa shape index (κ2) is 5.54. The molecule has 0 radical (unpaired) electrons. The Hall–Kier alpha value is -1.02. The van der Waals surface area contributed by atoms with E-state index in [1.807, 2.05) is 0 Å². The molecule has 1 aliphatic rings. The molecule has 0 saturated carbocycles. The molecule has 0 fully saturated rings. The van der Waals surface area contributed by atoms with Gasteiger partial charge in [-0.1, -0.05) is 19.9 Å². The van der Waals surface area contributed by atoms with Gasteiger partial charge in [0.15, 0.2) is 0 Å². The first-order valence-corrected chi connectivity index (χ1v) is 6.63. The van der Waals surface area contributed by atoms with Crippen molar-refractivity contribution in [3.05, 3.63) is 29.3 Å². The molecule has 2 rings (SSSR count). The van der Waals surface area contributed by atoms with Crippen LogP contribution < -0.4 is 10.1 Å². The molecule has 1 aromatic rings. The average Bonchev–Trinajstić information content (AvgIpc) is 2.35. The molecular weight excluding hydrogens is 210 g/mol. The lowest BCUT2D eigenvalue weighted by Crippen LogP contribution is -2.41. The summed E-state index contributed by atoms with van der Waals surface area (Å²) in [5, 5.41) is 3.66. The summed E-state index contributed by atoms with van der Waals surface area (Å²) >= 11 is 0. The highest BCUT2D eigenvalue weighted by Gasteiger charge is 2.24. The number of fused-ring (bicyclic) bond motifs is 1. The van der Waals surface area contributed by atoms with Crippen LogP contribution in [0.4, 0.5) is 0 Å². The Kier molecular flexibility index (Phi) is 4.06. The van der Waals surface area contributed by atoms with Crippen LogP contribution in [-0.2, 0) is 12.8 Å². The predicted molar refractivity (Wildman–Crippen MR) is 71.6 cm³/mol. The smallest absolute Gasteiger partial charge is 0.119 e. The molecule has 0 spiro atoms. The topological polar surface area (TPSA) is 21.3 Å². The maximum absolute atomic E-state index is 5.30. The SMILES string of the molecule is CCCN[C@@H]1Cc2cc(OC)ccc2C[C@@H]1C. The first-order chi connectivity index (χ1) is 8.24. The van der Waals surface area contributed by atoms with Gasteiger partial charge in [-0.2, -0.15) is 0 Å². The maximum Gasteiger partial charge on any atom is 0.119 e. The van der Waals surface area contributed by atoms with Crippen molar-refractivity contribution in [3.63, 3.8) is 0 Å². The van der Waals surface area contributed by atoms with E-state index in [-0.39, 0.29) is 0 Å². The van der Waals surface area contributed by atoms with Crippen molar-refractivity contribution in [3.8, 4) is 5.75 Å². The normalized spacial score (nSPS) is 23.2. The number of rotatable bonds is 4. The van der Waals surface area contributed by atoms with Gasteiger partial charge in [0.25, 0.3) is 0 Å². The summed E-state index contributed by atoms with van der Waals surface area (Å²) in [7, 11) is 1.74. The molecule has 1 aromatic carbocycles. The maximum atomic E-state index is 5.30. The van der Waals surface area contributed by atoms with Gasteiger partial charge >= 0.3 is 0 Å². The Bertz CT molecular complexity index is 375. The summed E-state index contributed by atoms with van der Waals surface area (Å²) in [6.45, 7) is 5.69. The second-order valence-electron chi connectivity index (χ2n) is 5.08. The minimum absolute atomic E-state index is 0.620. The van der Waals surface area contributed by atoms with Crippen LogP contribution in [-0.4, -0.2) is 19.7 Å². The number of nitrogens with one attached hydrogen (secondary N) is 1. The van der Waals surface area contributed by atoms with Crippen LogP contribution in [0.3, 0.4) is 0 Å². The highest BCUT2D eigenvalue weighted by molar-refractivity contribution is 5.38. The highest BCUT2D eigenvalue weighted by Crippen LogP contribution is 2.28. The third kappa shape index (κ3) is 2.81. The number of hydrogen-bond donors (Lipinski definition) is 1. The Morgan fingerprint density at radius 1 is 1.29 bits per heavy atom. The summed E-state index contributed by atoms with van der Waals surface area (Å²) in [5.74, 6) is 1.70. The van der Waals surface area contributed by atoms with Crippen LogP contribution in [0.1, 0.15) is 31.4 Å². The van der Waals surface area contributed by atoms with Gasteiger partial charge in [0.1, 0.15) is 5.75 Å². The third-order valence-electron chi connectivity index (χ3n) is 3.74. The number of methoxy groups -OCH3 is 1. The molecule has 17 heavy (non-hydrogen) atoms. The largest absolute Gasteiger partial charge is 0.497 e. The van der Waals surface area contributed by atoms with Crippen LogP contribution >= 0.6 is 0 Å². The van der Waals surface area contributed by atoms with Crippen molar-refractivity contribution in [2.45, 2.75) is 39.2 Å². The summed E-state index contributed by atoms with van der Waals surface area (Å²) < 4.78 is 5.30. The quantitative estimate of drug-likeness (QED) is 0.863. The molecule has 2 atom stereocenters. The van der Waals surface area contributed by atoms with Crippen molar-refractivity contribution in [2.24, 2.45) is 5.92 Å². The van der Waals surface area contributed by atoms with Crippen molar-refractivity contribution in [2.75, 3.05) is 13.7 Å². The van der Waals surface area contributed by atoms with Crippen molar-refractivity contribution in [1.82, 2.24) is 5.32 Å². The van der Waals surface area contributed by atoms with E-state index in [9.17, 15) is 0 Å². The fourth-order valence-corrected chi connectivity index (χ4v) is 2.65. The molecule has 0 saturated heterocycles. The molecule has 0 aliphatic heterocycles. The summed E-state index contributed by atoms with van der Waals surface area (Å²) in [6, 6.07) is 7.11. The zero-order valence-electron chi connectivity index (χ0n) is 11.1. The zero-order chi connectivity index (χ0) is 12.3. The lowest BCUT2D eigenvalue weighted by Gasteiger charge is -2.31. The average molecular weight is 233 g/mol. The van der Waals surface area contributed by atoms with Gasteiger partial charge in [0.2, 0.25) is 0 Å². The first kappa shape index (κ1) is 12.4. The zero-order valence-corrected chi connectivity index (χ0v) is 11.1. The van der Waals surface area contributed by atoms with E-state index in [1.165, 1.54) is 24.0 Å². The molecule has 0 heterocycles. The molecule has 0 bridgehead atoms. The number of hydrogen-bond acceptors (Lipinski definition) is 2. The van der Waals surface area contributed by atoms with Gasteiger partial charge in [-0.15, -0.1) is 0 Å². The molecule has 94 valence electrons. The monoisotopic (exact) mass is 233 g/mol. The molecule has 0 amide bonds. The number of benzene rings is 1. The Morgan fingerprint density at radius 2 is 2.12 bits per heavy atom. The van der Waals surface area contributed by atoms with Crippen LogP contribution in [0.5, 0.6) is 5.75 Å². The molecule has 1 N–H and O–H groups in total. The predicted octanol–water partition coefficient (Wildman–Crippen LogP) is 2.80. The minimum Gasteiger partial charge on any atom is -0.497 e. The van der Waals surface area contributed by atoms with Crippen molar-refractivity contribution in [1.29, 1.82) is 0 Å². The summed E-state index contributed by atoms with van der Waals surface area (Å²) in [5.41, 5.74) is 2.95. The van der Waals surface area contributed by atoms with E-state index in [0.717, 1.165) is 24.6 Å². The molecule has 0 unspecified atom stereocenters. The number of ether oxygens (including phenoxy) is 1. The van der Waals surface area contributed by atoms with Gasteiger partial charge in [-0.25, -0.2) is 0 Å². The Labute approximate surface area is 104 Å². The fraction of sp³-hybridized carbons (Fsp3) is 0.600. The van der Waals surface area contributed by atoms with Gasteiger partial charge in [0, 0.05) is 6.04 Å². The summed E-state index contributed by atoms with van der Waals surface area (Å²) in [4.78, 5) is 0. The first-order valence-electron chi connectivity index (χ1n) is 6.63. The van der Waals surface area contributed by atoms with Crippen LogP contribution in [0.15, 0.2) is 18.2 Å². The second-order valence-corrected chi connectivity index (χ2v) is 5.08. The van der Waals surface area contributed by atoms with Gasteiger partial charge in [-0.3, -0.25) is 0 Å². The minimum atomic E-state index is 0.620. The van der Waals surface area contributed by atoms with Crippen molar-refractivity contribution < 1.29 is 4.74 Å². The fourth-order valence-electron chi connectivity index (χ4n) is 2.65. The van der Waals surface area contributed by atoms with Crippen LogP contribution in [0.25, 0.3) is 0 Å². The molecule has 2 heteroatoms. The van der Waals surface area contributed by atoms with Gasteiger partial charge in [-0.05, 0) is 55.0 Å². The van der Waals surface area contributed by atoms with E-state index in [1.54, 1.807) is 7.11 Å². The van der Waals surface area contributed by atoms with E-state index >= 15 is 0 Å². The highest BCUT2D eigenvalue weighted by atomic mass is 16.5.